The molecule has 27 heavy (non-hydrogen) atoms. The van der Waals surface area contributed by atoms with Gasteiger partial charge in [-0.15, -0.1) is 0 Å². The molecular formula is C20H15ClFN3O2. The molecule has 1 aromatic heterocycles. The van der Waals surface area contributed by atoms with Crippen LogP contribution in [0.1, 0.15) is 16.1 Å². The third-order valence-corrected chi connectivity index (χ3v) is 3.90. The second kappa shape index (κ2) is 8.42. The maximum Gasteiger partial charge on any atom is 0.274 e. The Morgan fingerprint density at radius 3 is 2.52 bits per heavy atom. The average molecular weight is 384 g/mol. The normalized spacial score (nSPS) is 10.3. The minimum Gasteiger partial charge on any atom is -0.323 e. The zero-order chi connectivity index (χ0) is 19.2. The monoisotopic (exact) mass is 383 g/mol. The van der Waals surface area contributed by atoms with E-state index in [1.165, 1.54) is 30.5 Å². The molecule has 0 aliphatic rings. The van der Waals surface area contributed by atoms with Gasteiger partial charge >= 0.3 is 0 Å². The molecule has 2 aromatic carbocycles. The molecule has 0 radical (unpaired) electrons. The number of carbonyl (C=O) groups excluding carboxylic acids is 2. The van der Waals surface area contributed by atoms with Crippen LogP contribution in [0.25, 0.3) is 0 Å². The van der Waals surface area contributed by atoms with Crippen molar-refractivity contribution in [2.75, 3.05) is 10.6 Å². The van der Waals surface area contributed by atoms with Gasteiger partial charge in [0.15, 0.2) is 0 Å². The minimum atomic E-state index is -0.602. The number of benzene rings is 2. The van der Waals surface area contributed by atoms with Crippen molar-refractivity contribution in [3.05, 3.63) is 89.0 Å². The highest BCUT2D eigenvalue weighted by molar-refractivity contribution is 6.30. The van der Waals surface area contributed by atoms with Gasteiger partial charge in [-0.1, -0.05) is 41.9 Å². The second-order valence-corrected chi connectivity index (χ2v) is 6.16. The van der Waals surface area contributed by atoms with Crippen molar-refractivity contribution in [1.29, 1.82) is 0 Å². The van der Waals surface area contributed by atoms with E-state index in [1.54, 1.807) is 6.07 Å². The van der Waals surface area contributed by atoms with Crippen LogP contribution in [-0.4, -0.2) is 16.8 Å². The van der Waals surface area contributed by atoms with E-state index in [1.807, 2.05) is 30.3 Å². The Hall–Kier alpha value is -3.25. The van der Waals surface area contributed by atoms with Crippen molar-refractivity contribution in [2.45, 2.75) is 6.42 Å². The highest BCUT2D eigenvalue weighted by atomic mass is 35.5. The Bertz CT molecular complexity index is 980. The maximum atomic E-state index is 14.0. The van der Waals surface area contributed by atoms with Crippen molar-refractivity contribution < 1.29 is 14.0 Å². The number of nitrogens with zero attached hydrogens (tertiary/aromatic N) is 1. The molecule has 3 rings (SSSR count). The van der Waals surface area contributed by atoms with Crippen molar-refractivity contribution in [2.24, 2.45) is 0 Å². The van der Waals surface area contributed by atoms with E-state index < -0.39 is 11.7 Å². The molecule has 0 saturated carbocycles. The number of carbonyl (C=O) groups is 2. The first-order chi connectivity index (χ1) is 13.0. The highest BCUT2D eigenvalue weighted by Crippen LogP contribution is 2.21. The summed E-state index contributed by atoms with van der Waals surface area (Å²) in [5, 5.41) is 5.50. The van der Waals surface area contributed by atoms with Gasteiger partial charge in [0.2, 0.25) is 5.91 Å². The summed E-state index contributed by atoms with van der Waals surface area (Å²) >= 11 is 5.84. The second-order valence-electron chi connectivity index (χ2n) is 5.72. The lowest BCUT2D eigenvalue weighted by Crippen LogP contribution is -2.17. The van der Waals surface area contributed by atoms with E-state index in [9.17, 15) is 14.0 Å². The molecule has 0 aliphatic heterocycles. The first kappa shape index (κ1) is 18.5. The molecule has 0 aliphatic carbocycles. The standard InChI is InChI=1S/C20H15ClFN3O2/c21-14-8-9-23-18(11-14)20(27)24-15-6-7-16(22)17(12-15)25-19(26)10-13-4-2-1-3-5-13/h1-9,11-12H,10H2,(H,24,27)(H,25,26). The third-order valence-electron chi connectivity index (χ3n) is 3.66. The summed E-state index contributed by atoms with van der Waals surface area (Å²) in [4.78, 5) is 28.3. The van der Waals surface area contributed by atoms with Crippen LogP contribution in [0, 0.1) is 5.82 Å². The Kier molecular flexibility index (Phi) is 5.78. The first-order valence-electron chi connectivity index (χ1n) is 8.07. The van der Waals surface area contributed by atoms with Crippen LogP contribution in [-0.2, 0) is 11.2 Å². The molecule has 3 aromatic rings. The Labute approximate surface area is 160 Å². The summed E-state index contributed by atoms with van der Waals surface area (Å²) in [6.45, 7) is 0. The molecule has 0 fully saturated rings. The van der Waals surface area contributed by atoms with Gasteiger partial charge in [0.1, 0.15) is 11.5 Å². The lowest BCUT2D eigenvalue weighted by molar-refractivity contribution is -0.115. The summed E-state index contributed by atoms with van der Waals surface area (Å²) < 4.78 is 14.0. The summed E-state index contributed by atoms with van der Waals surface area (Å²) in [7, 11) is 0. The maximum absolute atomic E-state index is 14.0. The van der Waals surface area contributed by atoms with Gasteiger partial charge in [0.25, 0.3) is 5.91 Å². The number of anilines is 2. The van der Waals surface area contributed by atoms with Gasteiger partial charge < -0.3 is 10.6 Å². The highest BCUT2D eigenvalue weighted by Gasteiger charge is 2.12. The quantitative estimate of drug-likeness (QED) is 0.689. The van der Waals surface area contributed by atoms with E-state index in [0.29, 0.717) is 10.7 Å². The van der Waals surface area contributed by atoms with Crippen LogP contribution in [0.4, 0.5) is 15.8 Å². The fourth-order valence-electron chi connectivity index (χ4n) is 2.40. The molecule has 136 valence electrons. The minimum absolute atomic E-state index is 0.0206. The first-order valence-corrected chi connectivity index (χ1v) is 8.45. The number of aromatic nitrogens is 1. The average Bonchev–Trinajstić information content (AvgIpc) is 2.65. The van der Waals surface area contributed by atoms with E-state index in [4.69, 9.17) is 11.6 Å². The predicted molar refractivity (Wildman–Crippen MR) is 102 cm³/mol. The van der Waals surface area contributed by atoms with Gasteiger partial charge in [0, 0.05) is 16.9 Å². The van der Waals surface area contributed by atoms with E-state index in [2.05, 4.69) is 15.6 Å². The molecule has 2 N–H and O–H groups in total. The van der Waals surface area contributed by atoms with Gasteiger partial charge in [0.05, 0.1) is 12.1 Å². The largest absolute Gasteiger partial charge is 0.323 e. The lowest BCUT2D eigenvalue weighted by Gasteiger charge is -2.10. The lowest BCUT2D eigenvalue weighted by atomic mass is 10.1. The SMILES string of the molecule is O=C(Cc1ccccc1)Nc1cc(NC(=O)c2cc(Cl)ccn2)ccc1F. The van der Waals surface area contributed by atoms with Gasteiger partial charge in [-0.05, 0) is 35.9 Å². The van der Waals surface area contributed by atoms with Crippen LogP contribution >= 0.6 is 11.6 Å². The van der Waals surface area contributed by atoms with Crippen LogP contribution in [0.15, 0.2) is 66.9 Å². The van der Waals surface area contributed by atoms with Crippen LogP contribution in [0.5, 0.6) is 0 Å². The number of halogens is 2. The zero-order valence-electron chi connectivity index (χ0n) is 14.1. The van der Waals surface area contributed by atoms with Gasteiger partial charge in [-0.25, -0.2) is 4.39 Å². The molecule has 1 heterocycles. The van der Waals surface area contributed by atoms with Gasteiger partial charge in [-0.2, -0.15) is 0 Å². The molecule has 0 bridgehead atoms. The van der Waals surface area contributed by atoms with E-state index >= 15 is 0 Å². The number of amides is 2. The third kappa shape index (κ3) is 5.12. The molecule has 7 heteroatoms. The molecule has 2 amide bonds. The Balaban J connectivity index is 1.70. The molecular weight excluding hydrogens is 369 g/mol. The van der Waals surface area contributed by atoms with Crippen LogP contribution < -0.4 is 10.6 Å². The fraction of sp³-hybridized carbons (Fsp3) is 0.0500. The Morgan fingerprint density at radius 2 is 1.78 bits per heavy atom. The predicted octanol–water partition coefficient (Wildman–Crippen LogP) is 4.31. The summed E-state index contributed by atoms with van der Waals surface area (Å²) in [5.41, 5.74) is 1.24. The number of pyridine rings is 1. The number of nitrogens with one attached hydrogen (secondary N) is 2. The van der Waals surface area contributed by atoms with Crippen molar-refractivity contribution in [3.8, 4) is 0 Å². The summed E-state index contributed by atoms with van der Waals surface area (Å²) in [5.74, 6) is -1.46. The van der Waals surface area contributed by atoms with E-state index in [-0.39, 0.29) is 23.7 Å². The smallest absolute Gasteiger partial charge is 0.274 e. The van der Waals surface area contributed by atoms with Crippen LogP contribution in [0.2, 0.25) is 5.02 Å². The molecule has 0 atom stereocenters. The van der Waals surface area contributed by atoms with Crippen molar-refractivity contribution >= 4 is 34.8 Å². The van der Waals surface area contributed by atoms with Crippen molar-refractivity contribution in [1.82, 2.24) is 4.98 Å². The summed E-state index contributed by atoms with van der Waals surface area (Å²) in [6, 6.07) is 16.0. The number of hydrogen-bond donors (Lipinski definition) is 2. The number of hydrogen-bond acceptors (Lipinski definition) is 3. The molecule has 5 nitrogen and oxygen atoms in total. The van der Waals surface area contributed by atoms with Crippen LogP contribution in [0.3, 0.4) is 0 Å². The van der Waals surface area contributed by atoms with E-state index in [0.717, 1.165) is 5.56 Å². The fourth-order valence-corrected chi connectivity index (χ4v) is 2.56. The number of rotatable bonds is 5. The Morgan fingerprint density at radius 1 is 1.00 bits per heavy atom. The van der Waals surface area contributed by atoms with Gasteiger partial charge in [-0.3, -0.25) is 14.6 Å². The summed E-state index contributed by atoms with van der Waals surface area (Å²) in [6.07, 6.45) is 1.53. The topological polar surface area (TPSA) is 71.1 Å². The zero-order valence-corrected chi connectivity index (χ0v) is 14.8. The molecule has 0 saturated heterocycles. The molecule has 0 unspecified atom stereocenters. The van der Waals surface area contributed by atoms with Crippen molar-refractivity contribution in [3.63, 3.8) is 0 Å². The molecule has 0 spiro atoms.